The van der Waals surface area contributed by atoms with Gasteiger partial charge in [-0.15, -0.1) is 24.0 Å². The second-order valence-electron chi connectivity index (χ2n) is 4.47. The Labute approximate surface area is 139 Å². The molecule has 0 aromatic heterocycles. The molecule has 0 aliphatic carbocycles. The molecule has 1 saturated heterocycles. The van der Waals surface area contributed by atoms with Crippen LogP contribution < -0.4 is 10.6 Å². The molecular weight excluding hydrogens is 373 g/mol. The summed E-state index contributed by atoms with van der Waals surface area (Å²) >= 11 is 0. The fourth-order valence-corrected chi connectivity index (χ4v) is 1.86. The first-order chi connectivity index (χ1) is 9.36. The first kappa shape index (κ1) is 19.9. The highest BCUT2D eigenvalue weighted by atomic mass is 127. The van der Waals surface area contributed by atoms with E-state index in [-0.39, 0.29) is 24.0 Å². The first-order valence-corrected chi connectivity index (χ1v) is 6.99. The molecule has 0 radical (unpaired) electrons. The monoisotopic (exact) mass is 401 g/mol. The van der Waals surface area contributed by atoms with Gasteiger partial charge in [0.15, 0.2) is 5.96 Å². The predicted octanol–water partition coefficient (Wildman–Crippen LogP) is 1.00. The van der Waals surface area contributed by atoms with Crippen LogP contribution in [-0.2, 0) is 14.2 Å². The van der Waals surface area contributed by atoms with Gasteiger partial charge in [-0.25, -0.2) is 0 Å². The minimum Gasteiger partial charge on any atom is -0.382 e. The van der Waals surface area contributed by atoms with Crippen LogP contribution in [0.1, 0.15) is 19.3 Å². The van der Waals surface area contributed by atoms with E-state index in [1.54, 1.807) is 14.2 Å². The summed E-state index contributed by atoms with van der Waals surface area (Å²) in [4.78, 5) is 4.17. The van der Waals surface area contributed by atoms with Gasteiger partial charge in [0.25, 0.3) is 0 Å². The molecule has 120 valence electrons. The lowest BCUT2D eigenvalue weighted by atomic mass is 10.2. The van der Waals surface area contributed by atoms with Gasteiger partial charge in [-0.3, -0.25) is 4.99 Å². The van der Waals surface area contributed by atoms with Gasteiger partial charge >= 0.3 is 0 Å². The molecule has 2 N–H and O–H groups in total. The zero-order chi connectivity index (χ0) is 13.8. The first-order valence-electron chi connectivity index (χ1n) is 6.99. The predicted molar refractivity (Wildman–Crippen MR) is 91.1 cm³/mol. The molecule has 0 amide bonds. The molecule has 0 aromatic carbocycles. The summed E-state index contributed by atoms with van der Waals surface area (Å²) in [5, 5.41) is 6.53. The highest BCUT2D eigenvalue weighted by Crippen LogP contribution is 2.10. The van der Waals surface area contributed by atoms with Crippen molar-refractivity contribution in [2.24, 2.45) is 4.99 Å². The highest BCUT2D eigenvalue weighted by molar-refractivity contribution is 14.0. The minimum atomic E-state index is 0. The maximum absolute atomic E-state index is 5.55. The van der Waals surface area contributed by atoms with Crippen molar-refractivity contribution in [1.29, 1.82) is 0 Å². The Balaban J connectivity index is 0.00000361. The van der Waals surface area contributed by atoms with Gasteiger partial charge < -0.3 is 24.8 Å². The Bertz CT molecular complexity index is 249. The van der Waals surface area contributed by atoms with Crippen LogP contribution in [0.3, 0.4) is 0 Å². The molecule has 0 spiro atoms. The lowest BCUT2D eigenvalue weighted by Crippen LogP contribution is -2.41. The Morgan fingerprint density at radius 3 is 2.80 bits per heavy atom. The van der Waals surface area contributed by atoms with Crippen molar-refractivity contribution >= 4 is 29.9 Å². The van der Waals surface area contributed by atoms with Crippen molar-refractivity contribution in [3.05, 3.63) is 0 Å². The zero-order valence-corrected chi connectivity index (χ0v) is 14.9. The van der Waals surface area contributed by atoms with Crippen LogP contribution in [0.2, 0.25) is 0 Å². The Morgan fingerprint density at radius 2 is 2.15 bits per heavy atom. The van der Waals surface area contributed by atoms with Crippen molar-refractivity contribution in [3.8, 4) is 0 Å². The zero-order valence-electron chi connectivity index (χ0n) is 12.5. The summed E-state index contributed by atoms with van der Waals surface area (Å²) in [6.07, 6.45) is 3.58. The van der Waals surface area contributed by atoms with E-state index in [0.717, 1.165) is 51.5 Å². The number of halogens is 1. The summed E-state index contributed by atoms with van der Waals surface area (Å²) < 4.78 is 15.8. The summed E-state index contributed by atoms with van der Waals surface area (Å²) in [5.74, 6) is 0.826. The summed E-state index contributed by atoms with van der Waals surface area (Å²) in [6, 6.07) is 0. The smallest absolute Gasteiger partial charge is 0.191 e. The van der Waals surface area contributed by atoms with Gasteiger partial charge in [0, 0.05) is 40.5 Å². The average Bonchev–Trinajstić information content (AvgIpc) is 2.94. The number of ether oxygens (including phenoxy) is 3. The Morgan fingerprint density at radius 1 is 1.30 bits per heavy atom. The average molecular weight is 401 g/mol. The van der Waals surface area contributed by atoms with E-state index < -0.39 is 0 Å². The number of rotatable bonds is 9. The third-order valence-corrected chi connectivity index (χ3v) is 2.93. The second kappa shape index (κ2) is 13.8. The Hall–Kier alpha value is -0.120. The fraction of sp³-hybridized carbons (Fsp3) is 0.923. The van der Waals surface area contributed by atoms with Crippen molar-refractivity contribution < 1.29 is 14.2 Å². The molecule has 1 aliphatic rings. The molecule has 7 heteroatoms. The lowest BCUT2D eigenvalue weighted by molar-refractivity contribution is 0.0698. The molecule has 1 heterocycles. The van der Waals surface area contributed by atoms with E-state index in [9.17, 15) is 0 Å². The van der Waals surface area contributed by atoms with Crippen LogP contribution in [0, 0.1) is 0 Å². The van der Waals surface area contributed by atoms with Crippen LogP contribution in [0.25, 0.3) is 0 Å². The van der Waals surface area contributed by atoms with E-state index in [4.69, 9.17) is 14.2 Å². The topological polar surface area (TPSA) is 64.1 Å². The second-order valence-corrected chi connectivity index (χ2v) is 4.47. The SMILES string of the molecule is CN=C(NCCCOCCOC)NCC1CCCO1.I. The molecule has 20 heavy (non-hydrogen) atoms. The van der Waals surface area contributed by atoms with Crippen molar-refractivity contribution in [2.45, 2.75) is 25.4 Å². The van der Waals surface area contributed by atoms with Gasteiger partial charge in [-0.05, 0) is 19.3 Å². The quantitative estimate of drug-likeness (QED) is 0.261. The van der Waals surface area contributed by atoms with Crippen LogP contribution in [0.15, 0.2) is 4.99 Å². The standard InChI is InChI=1S/C13H27N3O3.HI/c1-14-13(16-11-12-5-3-8-19-12)15-6-4-7-18-10-9-17-2;/h12H,3-11H2,1-2H3,(H2,14,15,16);1H. The van der Waals surface area contributed by atoms with Gasteiger partial charge in [0.05, 0.1) is 19.3 Å². The number of nitrogens with zero attached hydrogens (tertiary/aromatic N) is 1. The number of nitrogens with one attached hydrogen (secondary N) is 2. The molecule has 1 atom stereocenters. The maximum Gasteiger partial charge on any atom is 0.191 e. The molecule has 1 fully saturated rings. The van der Waals surface area contributed by atoms with Gasteiger partial charge in [0.1, 0.15) is 0 Å². The van der Waals surface area contributed by atoms with Crippen LogP contribution in [-0.4, -0.2) is 65.7 Å². The molecule has 0 aromatic rings. The van der Waals surface area contributed by atoms with E-state index in [2.05, 4.69) is 15.6 Å². The van der Waals surface area contributed by atoms with E-state index in [1.165, 1.54) is 0 Å². The number of guanidine groups is 1. The van der Waals surface area contributed by atoms with Gasteiger partial charge in [-0.2, -0.15) is 0 Å². The number of hydrogen-bond acceptors (Lipinski definition) is 4. The number of methoxy groups -OCH3 is 1. The molecule has 6 nitrogen and oxygen atoms in total. The number of aliphatic imine (C=N–C) groups is 1. The molecule has 0 bridgehead atoms. The van der Waals surface area contributed by atoms with Crippen molar-refractivity contribution in [1.82, 2.24) is 10.6 Å². The minimum absolute atomic E-state index is 0. The summed E-state index contributed by atoms with van der Waals surface area (Å²) in [5.41, 5.74) is 0. The van der Waals surface area contributed by atoms with E-state index in [1.807, 2.05) is 0 Å². The van der Waals surface area contributed by atoms with Crippen molar-refractivity contribution in [2.75, 3.05) is 53.7 Å². The van der Waals surface area contributed by atoms with Crippen LogP contribution in [0.4, 0.5) is 0 Å². The summed E-state index contributed by atoms with van der Waals surface area (Å²) in [7, 11) is 3.45. The highest BCUT2D eigenvalue weighted by Gasteiger charge is 2.15. The maximum atomic E-state index is 5.55. The molecule has 0 saturated carbocycles. The molecule has 1 aliphatic heterocycles. The van der Waals surface area contributed by atoms with E-state index >= 15 is 0 Å². The van der Waals surface area contributed by atoms with Gasteiger partial charge in [-0.1, -0.05) is 0 Å². The van der Waals surface area contributed by atoms with Crippen molar-refractivity contribution in [3.63, 3.8) is 0 Å². The normalized spacial score (nSPS) is 18.7. The summed E-state index contributed by atoms with van der Waals surface area (Å²) in [6.45, 7) is 4.60. The molecule has 1 rings (SSSR count). The fourth-order valence-electron chi connectivity index (χ4n) is 1.86. The lowest BCUT2D eigenvalue weighted by Gasteiger charge is -2.15. The largest absolute Gasteiger partial charge is 0.382 e. The van der Waals surface area contributed by atoms with Gasteiger partial charge in [0.2, 0.25) is 0 Å². The van der Waals surface area contributed by atoms with Crippen LogP contribution in [0.5, 0.6) is 0 Å². The van der Waals surface area contributed by atoms with Crippen LogP contribution >= 0.6 is 24.0 Å². The number of hydrogen-bond donors (Lipinski definition) is 2. The Kier molecular flexibility index (Phi) is 13.8. The molecule has 1 unspecified atom stereocenters. The molecular formula is C13H28IN3O3. The van der Waals surface area contributed by atoms with E-state index in [0.29, 0.717) is 19.3 Å². The third-order valence-electron chi connectivity index (χ3n) is 2.93. The third kappa shape index (κ3) is 9.73.